The first-order chi connectivity index (χ1) is 21.8. The number of benzene rings is 6. The van der Waals surface area contributed by atoms with Crippen LogP contribution in [0, 0.1) is 0 Å². The van der Waals surface area contributed by atoms with Crippen LogP contribution in [0.4, 0.5) is 17.1 Å². The monoisotopic (exact) mass is 571 g/mol. The summed E-state index contributed by atoms with van der Waals surface area (Å²) < 4.78 is 6.34. The Morgan fingerprint density at radius 1 is 0.432 bits per heavy atom. The van der Waals surface area contributed by atoms with Gasteiger partial charge in [0.2, 0.25) is 0 Å². The van der Waals surface area contributed by atoms with Crippen molar-refractivity contribution in [1.82, 2.24) is 0 Å². The molecule has 0 spiro atoms. The zero-order valence-electron chi connectivity index (χ0n) is 25.1. The highest BCUT2D eigenvalue weighted by Crippen LogP contribution is 2.45. The van der Waals surface area contributed by atoms with Crippen LogP contribution in [0.25, 0.3) is 32.7 Å². The van der Waals surface area contributed by atoms with E-state index in [4.69, 9.17) is 4.42 Å². The van der Waals surface area contributed by atoms with Crippen molar-refractivity contribution in [2.45, 2.75) is 50.4 Å². The third-order valence-electron chi connectivity index (χ3n) is 9.82. The molecule has 0 bridgehead atoms. The van der Waals surface area contributed by atoms with E-state index in [2.05, 4.69) is 132 Å². The molecule has 0 radical (unpaired) electrons. The second-order valence-corrected chi connectivity index (χ2v) is 12.4. The SMILES string of the molecule is c1ccc(C2(c3ccc(N(c4ccc5ccccc5c4)c4ccc5c(c4)oc4ccccc45)cc3)CCCCCCC2)cc1. The average Bonchev–Trinajstić information content (AvgIpc) is 3.44. The highest BCUT2D eigenvalue weighted by molar-refractivity contribution is 6.06. The summed E-state index contributed by atoms with van der Waals surface area (Å²) in [7, 11) is 0. The fourth-order valence-electron chi connectivity index (χ4n) is 7.56. The largest absolute Gasteiger partial charge is 0.456 e. The van der Waals surface area contributed by atoms with Crippen molar-refractivity contribution in [2.24, 2.45) is 0 Å². The molecule has 1 aliphatic carbocycles. The molecule has 2 heteroatoms. The Kier molecular flexibility index (Phi) is 6.91. The summed E-state index contributed by atoms with van der Waals surface area (Å²) in [6.45, 7) is 0. The van der Waals surface area contributed by atoms with Crippen molar-refractivity contribution in [3.8, 4) is 0 Å². The lowest BCUT2D eigenvalue weighted by Gasteiger charge is -2.37. The van der Waals surface area contributed by atoms with Gasteiger partial charge in [0.1, 0.15) is 11.2 Å². The number of para-hydroxylation sites is 1. The van der Waals surface area contributed by atoms with Gasteiger partial charge in [0, 0.05) is 39.3 Å². The molecular formula is C42H37NO. The van der Waals surface area contributed by atoms with Crippen LogP contribution in [0.15, 0.2) is 144 Å². The zero-order chi connectivity index (χ0) is 29.3. The van der Waals surface area contributed by atoms with Crippen LogP contribution in [0.1, 0.15) is 56.1 Å². The molecule has 1 aromatic heterocycles. The van der Waals surface area contributed by atoms with Crippen LogP contribution in [0.2, 0.25) is 0 Å². The number of nitrogens with zero attached hydrogens (tertiary/aromatic N) is 1. The van der Waals surface area contributed by atoms with E-state index in [1.807, 2.05) is 12.1 Å². The minimum Gasteiger partial charge on any atom is -0.456 e. The van der Waals surface area contributed by atoms with Gasteiger partial charge >= 0.3 is 0 Å². The molecule has 0 saturated heterocycles. The molecule has 2 nitrogen and oxygen atoms in total. The van der Waals surface area contributed by atoms with Gasteiger partial charge in [-0.05, 0) is 77.2 Å². The van der Waals surface area contributed by atoms with Gasteiger partial charge in [-0.25, -0.2) is 0 Å². The smallest absolute Gasteiger partial charge is 0.137 e. The van der Waals surface area contributed by atoms with Crippen molar-refractivity contribution in [3.05, 3.63) is 151 Å². The Morgan fingerprint density at radius 2 is 1.02 bits per heavy atom. The molecule has 0 atom stereocenters. The van der Waals surface area contributed by atoms with Crippen LogP contribution >= 0.6 is 0 Å². The number of anilines is 3. The van der Waals surface area contributed by atoms with Crippen LogP contribution < -0.4 is 4.90 Å². The molecule has 1 saturated carbocycles. The van der Waals surface area contributed by atoms with Gasteiger partial charge in [0.15, 0.2) is 0 Å². The predicted octanol–water partition coefficient (Wildman–Crippen LogP) is 12.2. The molecule has 0 aliphatic heterocycles. The van der Waals surface area contributed by atoms with Gasteiger partial charge in [-0.3, -0.25) is 0 Å². The minimum atomic E-state index is 0.0567. The zero-order valence-corrected chi connectivity index (χ0v) is 25.1. The topological polar surface area (TPSA) is 16.4 Å². The van der Waals surface area contributed by atoms with E-state index in [0.717, 1.165) is 39.0 Å². The van der Waals surface area contributed by atoms with E-state index in [0.29, 0.717) is 0 Å². The van der Waals surface area contributed by atoms with Crippen molar-refractivity contribution in [2.75, 3.05) is 4.90 Å². The van der Waals surface area contributed by atoms with Gasteiger partial charge in [-0.15, -0.1) is 0 Å². The summed E-state index contributed by atoms with van der Waals surface area (Å²) in [5.74, 6) is 0. The molecule has 44 heavy (non-hydrogen) atoms. The maximum Gasteiger partial charge on any atom is 0.137 e. The molecule has 0 amide bonds. The number of hydrogen-bond donors (Lipinski definition) is 0. The lowest BCUT2D eigenvalue weighted by atomic mass is 9.67. The summed E-state index contributed by atoms with van der Waals surface area (Å²) in [4.78, 5) is 2.37. The third-order valence-corrected chi connectivity index (χ3v) is 9.82. The normalized spacial score (nSPS) is 15.3. The molecule has 6 aromatic carbocycles. The van der Waals surface area contributed by atoms with Gasteiger partial charge in [0.05, 0.1) is 0 Å². The number of fused-ring (bicyclic) bond motifs is 4. The Bertz CT molecular complexity index is 2050. The van der Waals surface area contributed by atoms with E-state index in [-0.39, 0.29) is 5.41 Å². The second kappa shape index (κ2) is 11.4. The fraction of sp³-hybridized carbons (Fsp3) is 0.190. The quantitative estimate of drug-likeness (QED) is 0.204. The van der Waals surface area contributed by atoms with E-state index in [1.165, 1.54) is 66.8 Å². The van der Waals surface area contributed by atoms with Crippen molar-refractivity contribution in [1.29, 1.82) is 0 Å². The maximum absolute atomic E-state index is 6.34. The third kappa shape index (κ3) is 4.75. The van der Waals surface area contributed by atoms with E-state index in [1.54, 1.807) is 0 Å². The lowest BCUT2D eigenvalue weighted by molar-refractivity contribution is 0.366. The Labute approximate surface area is 259 Å². The lowest BCUT2D eigenvalue weighted by Crippen LogP contribution is -2.29. The molecule has 0 unspecified atom stereocenters. The molecule has 1 heterocycles. The fourth-order valence-corrected chi connectivity index (χ4v) is 7.56. The summed E-state index contributed by atoms with van der Waals surface area (Å²) in [5, 5.41) is 4.77. The van der Waals surface area contributed by atoms with Gasteiger partial charge in [-0.1, -0.05) is 123 Å². The molecule has 7 aromatic rings. The minimum absolute atomic E-state index is 0.0567. The summed E-state index contributed by atoms with van der Waals surface area (Å²) in [5.41, 5.74) is 8.14. The van der Waals surface area contributed by atoms with Gasteiger partial charge in [-0.2, -0.15) is 0 Å². The van der Waals surface area contributed by atoms with Crippen molar-refractivity contribution in [3.63, 3.8) is 0 Å². The standard InChI is InChI=1S/C42H37NO/c1-2-11-27-42(28-12-3-1,33-15-5-4-6-16-33)34-20-23-35(24-21-34)43(36-22-19-31-13-7-8-14-32(31)29-36)37-25-26-39-38-17-9-10-18-40(38)44-41(39)30-37/h4-10,13-26,29-30H,1-3,11-12,27-28H2. The van der Waals surface area contributed by atoms with Crippen molar-refractivity contribution < 1.29 is 4.42 Å². The highest BCUT2D eigenvalue weighted by Gasteiger charge is 2.34. The Morgan fingerprint density at radius 3 is 1.84 bits per heavy atom. The maximum atomic E-state index is 6.34. The molecule has 216 valence electrons. The molecule has 0 N–H and O–H groups in total. The Hall–Kier alpha value is -4.82. The summed E-state index contributed by atoms with van der Waals surface area (Å²) >= 11 is 0. The molecule has 8 rings (SSSR count). The highest BCUT2D eigenvalue weighted by atomic mass is 16.3. The van der Waals surface area contributed by atoms with E-state index in [9.17, 15) is 0 Å². The number of hydrogen-bond acceptors (Lipinski definition) is 2. The number of furan rings is 1. The van der Waals surface area contributed by atoms with Crippen LogP contribution in [0.5, 0.6) is 0 Å². The predicted molar refractivity (Wildman–Crippen MR) is 185 cm³/mol. The first-order valence-electron chi connectivity index (χ1n) is 16.1. The first-order valence-corrected chi connectivity index (χ1v) is 16.1. The van der Waals surface area contributed by atoms with Crippen molar-refractivity contribution >= 4 is 49.8 Å². The Balaban J connectivity index is 1.26. The molecule has 1 fully saturated rings. The first kappa shape index (κ1) is 26.8. The van der Waals surface area contributed by atoms with E-state index < -0.39 is 0 Å². The second-order valence-electron chi connectivity index (χ2n) is 12.4. The average molecular weight is 572 g/mol. The van der Waals surface area contributed by atoms with Gasteiger partial charge in [0.25, 0.3) is 0 Å². The molecule has 1 aliphatic rings. The molecular weight excluding hydrogens is 534 g/mol. The number of rotatable bonds is 5. The summed E-state index contributed by atoms with van der Waals surface area (Å²) in [6.07, 6.45) is 8.97. The van der Waals surface area contributed by atoms with E-state index >= 15 is 0 Å². The van der Waals surface area contributed by atoms with Crippen LogP contribution in [-0.4, -0.2) is 0 Å². The van der Waals surface area contributed by atoms with Gasteiger partial charge < -0.3 is 9.32 Å². The van der Waals surface area contributed by atoms with Crippen LogP contribution in [0.3, 0.4) is 0 Å². The van der Waals surface area contributed by atoms with Crippen LogP contribution in [-0.2, 0) is 5.41 Å². The summed E-state index contributed by atoms with van der Waals surface area (Å²) in [6, 6.07) is 51.0.